The van der Waals surface area contributed by atoms with Crippen LogP contribution in [0.25, 0.3) is 0 Å². The van der Waals surface area contributed by atoms with Crippen molar-refractivity contribution in [2.24, 2.45) is 17.8 Å². The number of hydrogen-bond acceptors (Lipinski definition) is 4. The molecule has 4 rings (SSSR count). The van der Waals surface area contributed by atoms with Crippen molar-refractivity contribution >= 4 is 11.8 Å². The molecule has 3 heterocycles. The number of furan rings is 1. The number of hydrogen-bond donors (Lipinski definition) is 1. The molecule has 1 aromatic heterocycles. The van der Waals surface area contributed by atoms with Crippen molar-refractivity contribution in [2.45, 2.75) is 45.2 Å². The molecule has 0 radical (unpaired) electrons. The molecule has 6 nitrogen and oxygen atoms in total. The lowest BCUT2D eigenvalue weighted by Crippen LogP contribution is -2.43. The van der Waals surface area contributed by atoms with Gasteiger partial charge in [0.05, 0.1) is 18.8 Å². The molecular formula is C20H29N3O3. The maximum Gasteiger partial charge on any atom is 0.225 e. The largest absolute Gasteiger partial charge is 0.468 e. The molecule has 0 aromatic carbocycles. The van der Waals surface area contributed by atoms with E-state index in [-0.39, 0.29) is 17.9 Å². The Morgan fingerprint density at radius 1 is 1.19 bits per heavy atom. The number of nitrogens with one attached hydrogen (secondary N) is 1. The van der Waals surface area contributed by atoms with E-state index in [1.54, 1.807) is 13.2 Å². The van der Waals surface area contributed by atoms with Crippen molar-refractivity contribution in [3.63, 3.8) is 0 Å². The molecule has 2 aliphatic heterocycles. The van der Waals surface area contributed by atoms with E-state index in [0.29, 0.717) is 24.3 Å². The number of rotatable bonds is 5. The van der Waals surface area contributed by atoms with Gasteiger partial charge in [-0.1, -0.05) is 0 Å². The first-order valence-corrected chi connectivity index (χ1v) is 9.91. The van der Waals surface area contributed by atoms with Gasteiger partial charge in [0.25, 0.3) is 0 Å². The lowest BCUT2D eigenvalue weighted by Gasteiger charge is -2.32. The molecule has 6 heteroatoms. The highest BCUT2D eigenvalue weighted by Crippen LogP contribution is 2.42. The van der Waals surface area contributed by atoms with Gasteiger partial charge in [0.15, 0.2) is 0 Å². The van der Waals surface area contributed by atoms with Crippen LogP contribution in [0.5, 0.6) is 0 Å². The highest BCUT2D eigenvalue weighted by atomic mass is 16.3. The van der Waals surface area contributed by atoms with Gasteiger partial charge in [0.1, 0.15) is 5.76 Å². The van der Waals surface area contributed by atoms with Gasteiger partial charge in [-0.05, 0) is 56.8 Å². The molecule has 0 unspecified atom stereocenters. The topological polar surface area (TPSA) is 65.8 Å². The molecule has 0 bridgehead atoms. The number of amides is 2. The normalized spacial score (nSPS) is 27.7. The third kappa shape index (κ3) is 3.95. The van der Waals surface area contributed by atoms with Crippen LogP contribution in [0, 0.1) is 17.8 Å². The summed E-state index contributed by atoms with van der Waals surface area (Å²) in [5, 5.41) is 3.08. The maximum atomic E-state index is 13.0. The Labute approximate surface area is 154 Å². The van der Waals surface area contributed by atoms with Gasteiger partial charge >= 0.3 is 0 Å². The molecule has 1 N–H and O–H groups in total. The highest BCUT2D eigenvalue weighted by molar-refractivity contribution is 5.80. The highest BCUT2D eigenvalue weighted by Gasteiger charge is 2.45. The van der Waals surface area contributed by atoms with E-state index in [1.807, 2.05) is 17.0 Å². The smallest absolute Gasteiger partial charge is 0.225 e. The van der Waals surface area contributed by atoms with Gasteiger partial charge in [0, 0.05) is 31.8 Å². The standard InChI is InChI=1S/C20H29N3O3/c1-14(24)21-19-13-23(12-18(19)15-4-5-15)20(25)16-6-8-22(9-7-16)11-17-3-2-10-26-17/h2-3,10,15-16,18-19H,4-9,11-13H2,1H3,(H,21,24)/t18-,19+/m0/s1. The van der Waals surface area contributed by atoms with E-state index >= 15 is 0 Å². The fourth-order valence-electron chi connectivity index (χ4n) is 4.64. The maximum absolute atomic E-state index is 13.0. The zero-order valence-corrected chi connectivity index (χ0v) is 15.5. The van der Waals surface area contributed by atoms with Gasteiger partial charge in [-0.3, -0.25) is 14.5 Å². The molecule has 2 saturated heterocycles. The number of piperidine rings is 1. The average Bonchev–Trinajstić information content (AvgIpc) is 3.18. The first-order chi connectivity index (χ1) is 12.6. The Morgan fingerprint density at radius 3 is 2.58 bits per heavy atom. The fraction of sp³-hybridized carbons (Fsp3) is 0.700. The molecule has 0 spiro atoms. The van der Waals surface area contributed by atoms with E-state index in [4.69, 9.17) is 4.42 Å². The number of likely N-dealkylation sites (tertiary alicyclic amines) is 2. The Hall–Kier alpha value is -1.82. The summed E-state index contributed by atoms with van der Waals surface area (Å²) in [7, 11) is 0. The second kappa shape index (κ2) is 7.43. The molecule has 26 heavy (non-hydrogen) atoms. The Balaban J connectivity index is 1.30. The van der Waals surface area contributed by atoms with E-state index < -0.39 is 0 Å². The second-order valence-corrected chi connectivity index (χ2v) is 8.18. The van der Waals surface area contributed by atoms with Crippen LogP contribution in [0.15, 0.2) is 22.8 Å². The second-order valence-electron chi connectivity index (χ2n) is 8.18. The van der Waals surface area contributed by atoms with Crippen molar-refractivity contribution in [1.82, 2.24) is 15.1 Å². The summed E-state index contributed by atoms with van der Waals surface area (Å²) in [5.41, 5.74) is 0. The first kappa shape index (κ1) is 17.6. The van der Waals surface area contributed by atoms with Crippen molar-refractivity contribution in [1.29, 1.82) is 0 Å². The van der Waals surface area contributed by atoms with Crippen LogP contribution < -0.4 is 5.32 Å². The molecule has 2 atom stereocenters. The number of carbonyl (C=O) groups is 2. The van der Waals surface area contributed by atoms with Crippen molar-refractivity contribution in [3.05, 3.63) is 24.2 Å². The zero-order valence-electron chi connectivity index (χ0n) is 15.5. The molecule has 142 valence electrons. The lowest BCUT2D eigenvalue weighted by atomic mass is 9.95. The number of carbonyl (C=O) groups excluding carboxylic acids is 2. The van der Waals surface area contributed by atoms with Gasteiger partial charge in [-0.25, -0.2) is 0 Å². The molecular weight excluding hydrogens is 330 g/mol. The first-order valence-electron chi connectivity index (χ1n) is 9.91. The van der Waals surface area contributed by atoms with Crippen LogP contribution in [-0.2, 0) is 16.1 Å². The summed E-state index contributed by atoms with van der Waals surface area (Å²) in [6.45, 7) is 5.78. The predicted molar refractivity (Wildman–Crippen MR) is 97.1 cm³/mol. The third-order valence-electron chi connectivity index (χ3n) is 6.19. The minimum absolute atomic E-state index is 0.0150. The molecule has 3 fully saturated rings. The van der Waals surface area contributed by atoms with E-state index in [0.717, 1.165) is 44.8 Å². The molecule has 3 aliphatic rings. The quantitative estimate of drug-likeness (QED) is 0.872. The van der Waals surface area contributed by atoms with E-state index in [2.05, 4.69) is 10.2 Å². The molecule has 1 aliphatic carbocycles. The Kier molecular flexibility index (Phi) is 5.02. The number of nitrogens with zero attached hydrogens (tertiary/aromatic N) is 2. The summed E-state index contributed by atoms with van der Waals surface area (Å²) in [6, 6.07) is 4.06. The minimum atomic E-state index is 0.0150. The Morgan fingerprint density at radius 2 is 1.96 bits per heavy atom. The molecule has 1 saturated carbocycles. The zero-order chi connectivity index (χ0) is 18.1. The third-order valence-corrected chi connectivity index (χ3v) is 6.19. The predicted octanol–water partition coefficient (Wildman–Crippen LogP) is 1.86. The lowest BCUT2D eigenvalue weighted by molar-refractivity contribution is -0.136. The summed E-state index contributed by atoms with van der Waals surface area (Å²) in [6.07, 6.45) is 6.02. The SMILES string of the molecule is CC(=O)N[C@@H]1CN(C(=O)C2CCN(Cc3ccco3)CC2)C[C@H]1C1CC1. The molecule has 1 aromatic rings. The van der Waals surface area contributed by atoms with Crippen LogP contribution >= 0.6 is 0 Å². The van der Waals surface area contributed by atoms with E-state index in [1.165, 1.54) is 12.8 Å². The van der Waals surface area contributed by atoms with Crippen molar-refractivity contribution in [2.75, 3.05) is 26.2 Å². The van der Waals surface area contributed by atoms with Crippen LogP contribution in [-0.4, -0.2) is 53.8 Å². The summed E-state index contributed by atoms with van der Waals surface area (Å²) in [4.78, 5) is 28.9. The monoisotopic (exact) mass is 359 g/mol. The van der Waals surface area contributed by atoms with Gasteiger partial charge in [0.2, 0.25) is 11.8 Å². The summed E-state index contributed by atoms with van der Waals surface area (Å²) < 4.78 is 5.42. The van der Waals surface area contributed by atoms with Gasteiger partial charge < -0.3 is 14.6 Å². The van der Waals surface area contributed by atoms with Crippen LogP contribution in [0.1, 0.15) is 38.4 Å². The Bertz CT molecular complexity index is 633. The van der Waals surface area contributed by atoms with Crippen LogP contribution in [0.4, 0.5) is 0 Å². The average molecular weight is 359 g/mol. The van der Waals surface area contributed by atoms with Gasteiger partial charge in [-0.2, -0.15) is 0 Å². The summed E-state index contributed by atoms with van der Waals surface area (Å²) in [5.74, 6) is 2.56. The molecule has 2 amide bonds. The van der Waals surface area contributed by atoms with E-state index in [9.17, 15) is 9.59 Å². The summed E-state index contributed by atoms with van der Waals surface area (Å²) >= 11 is 0. The van der Waals surface area contributed by atoms with Crippen LogP contribution in [0.3, 0.4) is 0 Å². The van der Waals surface area contributed by atoms with Crippen molar-refractivity contribution in [3.8, 4) is 0 Å². The van der Waals surface area contributed by atoms with Crippen molar-refractivity contribution < 1.29 is 14.0 Å². The minimum Gasteiger partial charge on any atom is -0.468 e. The van der Waals surface area contributed by atoms with Gasteiger partial charge in [-0.15, -0.1) is 0 Å². The van der Waals surface area contributed by atoms with Crippen LogP contribution in [0.2, 0.25) is 0 Å². The fourth-order valence-corrected chi connectivity index (χ4v) is 4.64.